The molecule has 1 aliphatic rings. The van der Waals surface area contributed by atoms with Crippen LogP contribution in [0, 0.1) is 0 Å². The van der Waals surface area contributed by atoms with Crippen molar-refractivity contribution in [3.8, 4) is 0 Å². The largest absolute Gasteiger partial charge is 1.00 e. The fourth-order valence-corrected chi connectivity index (χ4v) is 1.19. The molecule has 1 atom stereocenters. The van der Waals surface area contributed by atoms with Crippen molar-refractivity contribution in [3.05, 3.63) is 5.32 Å². The van der Waals surface area contributed by atoms with Gasteiger partial charge in [-0.15, -0.1) is 12.6 Å². The van der Waals surface area contributed by atoms with E-state index in [1.54, 1.807) is 0 Å². The van der Waals surface area contributed by atoms with Gasteiger partial charge in [0.05, 0.1) is 0 Å². The standard InChI is InChI=1S/C7H14N.Ru/c1-2-7-5-3-4-6-8-7;/h7H,2-6H2,1H3;/q-1;+1. The Morgan fingerprint density at radius 1 is 1.44 bits per heavy atom. The Morgan fingerprint density at radius 2 is 2.22 bits per heavy atom. The van der Waals surface area contributed by atoms with Gasteiger partial charge in [-0.3, -0.25) is 0 Å². The van der Waals surface area contributed by atoms with E-state index in [-0.39, 0.29) is 19.5 Å². The second kappa shape index (κ2) is 5.37. The van der Waals surface area contributed by atoms with Crippen LogP contribution in [0.4, 0.5) is 0 Å². The predicted octanol–water partition coefficient (Wildman–Crippen LogP) is 2.32. The van der Waals surface area contributed by atoms with E-state index in [4.69, 9.17) is 0 Å². The normalized spacial score (nSPS) is 27.0. The SMILES string of the molecule is CCC1CCCC[N-]1.[Ru+]. The summed E-state index contributed by atoms with van der Waals surface area (Å²) in [6.45, 7) is 3.35. The van der Waals surface area contributed by atoms with E-state index >= 15 is 0 Å². The first-order valence-corrected chi connectivity index (χ1v) is 3.60. The van der Waals surface area contributed by atoms with E-state index < -0.39 is 0 Å². The summed E-state index contributed by atoms with van der Waals surface area (Å²) in [5.74, 6) is 0. The number of hydrogen-bond donors (Lipinski definition) is 0. The molecule has 1 radical (unpaired) electrons. The van der Waals surface area contributed by atoms with Crippen LogP contribution >= 0.6 is 0 Å². The van der Waals surface area contributed by atoms with Gasteiger partial charge in [-0.1, -0.05) is 32.6 Å². The second-order valence-corrected chi connectivity index (χ2v) is 2.46. The Hall–Kier alpha value is 0.583. The number of rotatable bonds is 1. The third-order valence-corrected chi connectivity index (χ3v) is 1.80. The zero-order valence-corrected chi connectivity index (χ0v) is 7.65. The maximum Gasteiger partial charge on any atom is 1.00 e. The molecule has 55 valence electrons. The summed E-state index contributed by atoms with van der Waals surface area (Å²) < 4.78 is 0. The first kappa shape index (κ1) is 9.58. The number of piperidine rings is 1. The van der Waals surface area contributed by atoms with Crippen LogP contribution in [0.3, 0.4) is 0 Å². The van der Waals surface area contributed by atoms with Crippen molar-refractivity contribution in [2.75, 3.05) is 6.54 Å². The zero-order valence-electron chi connectivity index (χ0n) is 5.91. The molecule has 9 heavy (non-hydrogen) atoms. The van der Waals surface area contributed by atoms with Gasteiger partial charge in [0.1, 0.15) is 0 Å². The minimum Gasteiger partial charge on any atom is -0.660 e. The van der Waals surface area contributed by atoms with E-state index in [1.807, 2.05) is 0 Å². The third kappa shape index (κ3) is 3.32. The van der Waals surface area contributed by atoms with Crippen LogP contribution in [0.1, 0.15) is 32.6 Å². The van der Waals surface area contributed by atoms with Crippen LogP contribution in [-0.4, -0.2) is 12.6 Å². The molecule has 0 aromatic rings. The Morgan fingerprint density at radius 3 is 2.56 bits per heavy atom. The van der Waals surface area contributed by atoms with Crippen molar-refractivity contribution in [2.24, 2.45) is 0 Å². The van der Waals surface area contributed by atoms with Crippen LogP contribution in [-0.2, 0) is 19.5 Å². The van der Waals surface area contributed by atoms with Gasteiger partial charge in [-0.2, -0.15) is 0 Å². The van der Waals surface area contributed by atoms with Gasteiger partial charge in [0, 0.05) is 0 Å². The third-order valence-electron chi connectivity index (χ3n) is 1.80. The second-order valence-electron chi connectivity index (χ2n) is 2.46. The number of nitrogens with zero attached hydrogens (tertiary/aromatic N) is 1. The Balaban J connectivity index is 0.000000640. The molecule has 1 fully saturated rings. The molecule has 1 saturated heterocycles. The zero-order chi connectivity index (χ0) is 5.82. The minimum absolute atomic E-state index is 0. The molecule has 0 bridgehead atoms. The molecular formula is C7H14NRu. The molecule has 0 N–H and O–H groups in total. The average Bonchev–Trinajstić information content (AvgIpc) is 1.90. The van der Waals surface area contributed by atoms with Crippen LogP contribution in [0.25, 0.3) is 5.32 Å². The maximum absolute atomic E-state index is 4.45. The summed E-state index contributed by atoms with van der Waals surface area (Å²) in [4.78, 5) is 0. The van der Waals surface area contributed by atoms with Crippen molar-refractivity contribution in [3.63, 3.8) is 0 Å². The van der Waals surface area contributed by atoms with E-state index in [2.05, 4.69) is 12.2 Å². The van der Waals surface area contributed by atoms with E-state index in [0.29, 0.717) is 6.04 Å². The topological polar surface area (TPSA) is 14.1 Å². The van der Waals surface area contributed by atoms with Gasteiger partial charge >= 0.3 is 19.5 Å². The van der Waals surface area contributed by atoms with Crippen molar-refractivity contribution in [1.82, 2.24) is 0 Å². The van der Waals surface area contributed by atoms with Crippen molar-refractivity contribution >= 4 is 0 Å². The molecule has 1 aliphatic heterocycles. The quantitative estimate of drug-likeness (QED) is 0.593. The average molecular weight is 213 g/mol. The Kier molecular flexibility index (Phi) is 5.72. The van der Waals surface area contributed by atoms with Crippen molar-refractivity contribution < 1.29 is 19.5 Å². The molecule has 0 saturated carbocycles. The molecule has 2 heteroatoms. The molecule has 0 spiro atoms. The van der Waals surface area contributed by atoms with Gasteiger partial charge in [0.25, 0.3) is 0 Å². The minimum atomic E-state index is 0. The monoisotopic (exact) mass is 214 g/mol. The van der Waals surface area contributed by atoms with Gasteiger partial charge in [-0.05, 0) is 0 Å². The fourth-order valence-electron chi connectivity index (χ4n) is 1.19. The summed E-state index contributed by atoms with van der Waals surface area (Å²) in [7, 11) is 0. The molecule has 1 rings (SSSR count). The van der Waals surface area contributed by atoms with Gasteiger partial charge in [-0.25, -0.2) is 0 Å². The van der Waals surface area contributed by atoms with Gasteiger partial charge in [0.2, 0.25) is 0 Å². The molecule has 1 heterocycles. The van der Waals surface area contributed by atoms with Crippen LogP contribution < -0.4 is 0 Å². The van der Waals surface area contributed by atoms with Crippen LogP contribution in [0.15, 0.2) is 0 Å². The molecule has 1 unspecified atom stereocenters. The Labute approximate surface area is 70.4 Å². The van der Waals surface area contributed by atoms with Crippen molar-refractivity contribution in [2.45, 2.75) is 38.6 Å². The first-order valence-electron chi connectivity index (χ1n) is 3.60. The Bertz CT molecular complexity index is 59.9. The van der Waals surface area contributed by atoms with Crippen LogP contribution in [0.5, 0.6) is 0 Å². The van der Waals surface area contributed by atoms with Gasteiger partial charge < -0.3 is 5.32 Å². The van der Waals surface area contributed by atoms with E-state index in [1.165, 1.54) is 25.7 Å². The molecule has 0 amide bonds. The van der Waals surface area contributed by atoms with Gasteiger partial charge in [0.15, 0.2) is 0 Å². The summed E-state index contributed by atoms with van der Waals surface area (Å²) in [5.41, 5.74) is 0. The molecule has 0 aliphatic carbocycles. The summed E-state index contributed by atoms with van der Waals surface area (Å²) in [5, 5.41) is 4.45. The molecule has 1 nitrogen and oxygen atoms in total. The summed E-state index contributed by atoms with van der Waals surface area (Å²) in [6.07, 6.45) is 5.33. The molecule has 0 aromatic heterocycles. The summed E-state index contributed by atoms with van der Waals surface area (Å²) >= 11 is 0. The summed E-state index contributed by atoms with van der Waals surface area (Å²) in [6, 6.07) is 0.712. The van der Waals surface area contributed by atoms with Crippen molar-refractivity contribution in [1.29, 1.82) is 0 Å². The van der Waals surface area contributed by atoms with Crippen LogP contribution in [0.2, 0.25) is 0 Å². The fraction of sp³-hybridized carbons (Fsp3) is 1.00. The maximum atomic E-state index is 4.45. The molecular weight excluding hydrogens is 199 g/mol. The predicted molar refractivity (Wildman–Crippen MR) is 36.2 cm³/mol. The number of hydrogen-bond acceptors (Lipinski definition) is 0. The first-order chi connectivity index (χ1) is 3.93. The van der Waals surface area contributed by atoms with E-state index in [9.17, 15) is 0 Å². The molecule has 0 aromatic carbocycles. The van der Waals surface area contributed by atoms with E-state index in [0.717, 1.165) is 6.54 Å². The smallest absolute Gasteiger partial charge is 0.660 e.